The smallest absolute Gasteiger partial charge is 0.164 e. The van der Waals surface area contributed by atoms with E-state index in [0.29, 0.717) is 17.5 Å². The molecule has 0 saturated carbocycles. The van der Waals surface area contributed by atoms with E-state index in [1.807, 2.05) is 54.7 Å². The van der Waals surface area contributed by atoms with Gasteiger partial charge in [-0.25, -0.2) is 15.0 Å². The van der Waals surface area contributed by atoms with E-state index in [4.69, 9.17) is 15.0 Å². The maximum atomic E-state index is 5.07. The van der Waals surface area contributed by atoms with Crippen molar-refractivity contribution in [3.05, 3.63) is 207 Å². The molecule has 254 valence electrons. The highest BCUT2D eigenvalue weighted by molar-refractivity contribution is 5.98. The van der Waals surface area contributed by atoms with Crippen LogP contribution in [0.5, 0.6) is 0 Å². The van der Waals surface area contributed by atoms with Crippen LogP contribution in [0.3, 0.4) is 0 Å². The highest BCUT2D eigenvalue weighted by Crippen LogP contribution is 2.43. The van der Waals surface area contributed by atoms with E-state index in [1.54, 1.807) is 6.20 Å². The van der Waals surface area contributed by atoms with Gasteiger partial charge in [0.2, 0.25) is 0 Å². The minimum atomic E-state index is 0.614. The van der Waals surface area contributed by atoms with Gasteiger partial charge in [-0.2, -0.15) is 0 Å². The summed E-state index contributed by atoms with van der Waals surface area (Å²) in [6.07, 6.45) is 3.66. The van der Waals surface area contributed by atoms with Crippen molar-refractivity contribution in [2.45, 2.75) is 0 Å². The van der Waals surface area contributed by atoms with Gasteiger partial charge >= 0.3 is 0 Å². The third kappa shape index (κ3) is 6.72. The van der Waals surface area contributed by atoms with Gasteiger partial charge in [0.1, 0.15) is 0 Å². The number of pyridine rings is 1. The van der Waals surface area contributed by atoms with Gasteiger partial charge in [-0.05, 0) is 74.3 Å². The molecule has 0 fully saturated rings. The summed E-state index contributed by atoms with van der Waals surface area (Å²) in [4.78, 5) is 19.4. The van der Waals surface area contributed by atoms with Gasteiger partial charge in [-0.15, -0.1) is 0 Å². The maximum absolute atomic E-state index is 5.07. The van der Waals surface area contributed by atoms with Crippen molar-refractivity contribution in [1.29, 1.82) is 0 Å². The van der Waals surface area contributed by atoms with E-state index in [2.05, 4.69) is 151 Å². The first-order valence-corrected chi connectivity index (χ1v) is 18.0. The Kier molecular flexibility index (Phi) is 8.90. The summed E-state index contributed by atoms with van der Waals surface area (Å²) in [6, 6.07) is 67.6. The molecule has 0 N–H and O–H groups in total. The van der Waals surface area contributed by atoms with E-state index in [1.165, 1.54) is 27.8 Å². The fourth-order valence-electron chi connectivity index (χ4n) is 6.95. The summed E-state index contributed by atoms with van der Waals surface area (Å²) in [7, 11) is 0. The summed E-state index contributed by atoms with van der Waals surface area (Å²) in [5, 5.41) is 0. The molecule has 4 nitrogen and oxygen atoms in total. The normalized spacial score (nSPS) is 11.0. The number of hydrogen-bond donors (Lipinski definition) is 0. The van der Waals surface area contributed by atoms with Crippen LogP contribution in [-0.4, -0.2) is 19.9 Å². The van der Waals surface area contributed by atoms with Crippen LogP contribution in [0.2, 0.25) is 0 Å². The Labute approximate surface area is 315 Å². The van der Waals surface area contributed by atoms with Gasteiger partial charge in [0.15, 0.2) is 17.5 Å². The largest absolute Gasteiger partial charge is 0.264 e. The van der Waals surface area contributed by atoms with E-state index in [0.717, 1.165) is 44.5 Å². The van der Waals surface area contributed by atoms with E-state index < -0.39 is 0 Å². The molecule has 0 aliphatic heterocycles. The average Bonchev–Trinajstić information content (AvgIpc) is 3.27. The van der Waals surface area contributed by atoms with Gasteiger partial charge < -0.3 is 0 Å². The maximum Gasteiger partial charge on any atom is 0.164 e. The van der Waals surface area contributed by atoms with Crippen LogP contribution < -0.4 is 0 Å². The molecule has 9 rings (SSSR count). The lowest BCUT2D eigenvalue weighted by Crippen LogP contribution is -2.00. The fourth-order valence-corrected chi connectivity index (χ4v) is 6.95. The zero-order chi connectivity index (χ0) is 36.1. The lowest BCUT2D eigenvalue weighted by Gasteiger charge is -2.19. The molecule has 4 heteroatoms. The third-order valence-corrected chi connectivity index (χ3v) is 9.63. The Hall–Kier alpha value is -7.30. The summed E-state index contributed by atoms with van der Waals surface area (Å²) in [6.45, 7) is 0. The van der Waals surface area contributed by atoms with Gasteiger partial charge in [-0.3, -0.25) is 4.98 Å². The third-order valence-electron chi connectivity index (χ3n) is 9.63. The predicted molar refractivity (Wildman–Crippen MR) is 221 cm³/mol. The van der Waals surface area contributed by atoms with Crippen molar-refractivity contribution in [3.63, 3.8) is 0 Å². The molecule has 0 saturated heterocycles. The lowest BCUT2D eigenvalue weighted by atomic mass is 9.84. The number of nitrogens with zero attached hydrogens (tertiary/aromatic N) is 4. The zero-order valence-electron chi connectivity index (χ0n) is 29.4. The van der Waals surface area contributed by atoms with Crippen molar-refractivity contribution >= 4 is 0 Å². The molecule has 0 spiro atoms. The number of aromatic nitrogens is 4. The first-order chi connectivity index (χ1) is 26.8. The van der Waals surface area contributed by atoms with Crippen LogP contribution in [0.25, 0.3) is 89.8 Å². The van der Waals surface area contributed by atoms with E-state index in [-0.39, 0.29) is 0 Å². The minimum Gasteiger partial charge on any atom is -0.264 e. The van der Waals surface area contributed by atoms with Crippen molar-refractivity contribution < 1.29 is 0 Å². The standard InChI is InChI=1S/C50H34N4/c1-5-15-35(16-6-1)44-32-45(36-17-7-2-8-18-36)47(46(33-44)37-19-9-3-10-20-37)38-26-28-40(29-27-38)49-52-48(39-21-11-4-12-22-39)53-50(54-49)42-24-13-23-41(31-42)43-25-14-30-51-34-43/h1-34H. The average molecular weight is 691 g/mol. The Bertz CT molecular complexity index is 2600. The Morgan fingerprint density at radius 2 is 0.685 bits per heavy atom. The molecule has 0 unspecified atom stereocenters. The Balaban J connectivity index is 1.19. The molecule has 54 heavy (non-hydrogen) atoms. The Morgan fingerprint density at radius 1 is 0.259 bits per heavy atom. The molecule has 0 radical (unpaired) electrons. The molecular weight excluding hydrogens is 657 g/mol. The minimum absolute atomic E-state index is 0.614. The second-order valence-electron chi connectivity index (χ2n) is 13.1. The molecule has 2 aromatic heterocycles. The first-order valence-electron chi connectivity index (χ1n) is 18.0. The van der Waals surface area contributed by atoms with Crippen molar-refractivity contribution in [3.8, 4) is 89.8 Å². The van der Waals surface area contributed by atoms with Crippen molar-refractivity contribution in [2.75, 3.05) is 0 Å². The number of benzene rings is 7. The Morgan fingerprint density at radius 3 is 1.22 bits per heavy atom. The van der Waals surface area contributed by atoms with Crippen molar-refractivity contribution in [2.24, 2.45) is 0 Å². The van der Waals surface area contributed by atoms with Gasteiger partial charge in [-0.1, -0.05) is 170 Å². The predicted octanol–water partition coefficient (Wildman–Crippen LogP) is 12.6. The summed E-state index contributed by atoms with van der Waals surface area (Å²) in [5.74, 6) is 1.85. The molecule has 7 aromatic carbocycles. The molecular formula is C50H34N4. The van der Waals surface area contributed by atoms with Gasteiger partial charge in [0.05, 0.1) is 0 Å². The SMILES string of the molecule is c1ccc(-c2cc(-c3ccccc3)c(-c3ccc(-c4nc(-c5ccccc5)nc(-c5cccc(-c6cccnc6)c5)n4)cc3)c(-c3ccccc3)c2)cc1. The van der Waals surface area contributed by atoms with Crippen molar-refractivity contribution in [1.82, 2.24) is 19.9 Å². The van der Waals surface area contributed by atoms with Crippen LogP contribution in [-0.2, 0) is 0 Å². The summed E-state index contributed by atoms with van der Waals surface area (Å²) >= 11 is 0. The summed E-state index contributed by atoms with van der Waals surface area (Å²) < 4.78 is 0. The van der Waals surface area contributed by atoms with E-state index >= 15 is 0 Å². The quantitative estimate of drug-likeness (QED) is 0.159. The van der Waals surface area contributed by atoms with Gasteiger partial charge in [0, 0.05) is 34.6 Å². The molecule has 0 aliphatic carbocycles. The van der Waals surface area contributed by atoms with Gasteiger partial charge in [0.25, 0.3) is 0 Å². The van der Waals surface area contributed by atoms with Crippen LogP contribution in [0.4, 0.5) is 0 Å². The molecule has 0 bridgehead atoms. The molecule has 2 heterocycles. The molecule has 0 aliphatic rings. The molecule has 9 aromatic rings. The van der Waals surface area contributed by atoms with Crippen LogP contribution in [0.15, 0.2) is 207 Å². The van der Waals surface area contributed by atoms with Crippen LogP contribution >= 0.6 is 0 Å². The first kappa shape index (κ1) is 32.6. The molecule has 0 atom stereocenters. The highest BCUT2D eigenvalue weighted by atomic mass is 15.0. The monoisotopic (exact) mass is 690 g/mol. The fraction of sp³-hybridized carbons (Fsp3) is 0. The zero-order valence-corrected chi connectivity index (χ0v) is 29.4. The van der Waals surface area contributed by atoms with Crippen LogP contribution in [0, 0.1) is 0 Å². The molecule has 0 amide bonds. The second-order valence-corrected chi connectivity index (χ2v) is 13.1. The summed E-state index contributed by atoms with van der Waals surface area (Å²) in [5.41, 5.74) is 14.1. The topological polar surface area (TPSA) is 51.6 Å². The highest BCUT2D eigenvalue weighted by Gasteiger charge is 2.18. The number of hydrogen-bond acceptors (Lipinski definition) is 4. The number of rotatable bonds is 8. The van der Waals surface area contributed by atoms with E-state index in [9.17, 15) is 0 Å². The lowest BCUT2D eigenvalue weighted by molar-refractivity contribution is 1.07. The second kappa shape index (κ2) is 14.7. The van der Waals surface area contributed by atoms with Crippen LogP contribution in [0.1, 0.15) is 0 Å².